The quantitative estimate of drug-likeness (QED) is 0.614. The fourth-order valence-electron chi connectivity index (χ4n) is 4.74. The fraction of sp³-hybridized carbons (Fsp3) is 0.417. The van der Waals surface area contributed by atoms with Crippen LogP contribution in [0.3, 0.4) is 0 Å². The topological polar surface area (TPSA) is 58.2 Å². The highest BCUT2D eigenvalue weighted by Crippen LogP contribution is 2.45. The normalized spacial score (nSPS) is 22.9. The van der Waals surface area contributed by atoms with Crippen LogP contribution >= 0.6 is 23.2 Å². The molecule has 0 saturated heterocycles. The molecule has 0 radical (unpaired) electrons. The Bertz CT molecular complexity index is 910. The molecule has 1 fully saturated rings. The number of hydrogen-bond acceptors (Lipinski definition) is 2. The second kappa shape index (κ2) is 8.99. The average molecular weight is 447 g/mol. The molecule has 6 heteroatoms. The van der Waals surface area contributed by atoms with Crippen molar-refractivity contribution in [3.05, 3.63) is 69.7 Å². The summed E-state index contributed by atoms with van der Waals surface area (Å²) in [7, 11) is 0. The van der Waals surface area contributed by atoms with E-state index in [0.29, 0.717) is 27.7 Å². The highest BCUT2D eigenvalue weighted by atomic mass is 35.5. The molecule has 3 rings (SSSR count). The minimum atomic E-state index is -0.123. The van der Waals surface area contributed by atoms with E-state index < -0.39 is 0 Å². The van der Waals surface area contributed by atoms with E-state index in [0.717, 1.165) is 19.3 Å². The van der Waals surface area contributed by atoms with E-state index in [-0.39, 0.29) is 28.7 Å². The second-order valence-electron chi connectivity index (χ2n) is 9.43. The Hall–Kier alpha value is -2.04. The molecule has 2 unspecified atom stereocenters. The zero-order chi connectivity index (χ0) is 21.9. The maximum absolute atomic E-state index is 12.7. The van der Waals surface area contributed by atoms with Gasteiger partial charge in [0, 0.05) is 33.8 Å². The van der Waals surface area contributed by atoms with Crippen LogP contribution in [-0.2, 0) is 0 Å². The zero-order valence-electron chi connectivity index (χ0n) is 17.6. The van der Waals surface area contributed by atoms with Crippen molar-refractivity contribution in [2.24, 2.45) is 10.8 Å². The van der Waals surface area contributed by atoms with Crippen LogP contribution in [0.4, 0.5) is 0 Å². The Morgan fingerprint density at radius 3 is 1.90 bits per heavy atom. The standard InChI is InChI=1S/C24H28Cl2N2O2/c1-23(2)12-20(28-22(30)17-6-10-19(26)11-7-17)13-24(3,14-23)15-27-21(29)16-4-8-18(25)9-5-16/h4-11,20H,12-15H2,1-3H3,(H,27,29)(H,28,30). The largest absolute Gasteiger partial charge is 0.351 e. The van der Waals surface area contributed by atoms with Crippen molar-refractivity contribution in [2.75, 3.05) is 6.54 Å². The molecule has 160 valence electrons. The monoisotopic (exact) mass is 446 g/mol. The minimum Gasteiger partial charge on any atom is -0.351 e. The third-order valence-electron chi connectivity index (χ3n) is 5.67. The van der Waals surface area contributed by atoms with Gasteiger partial charge in [0.1, 0.15) is 0 Å². The van der Waals surface area contributed by atoms with E-state index in [2.05, 4.69) is 31.4 Å². The van der Waals surface area contributed by atoms with Gasteiger partial charge in [-0.15, -0.1) is 0 Å². The van der Waals surface area contributed by atoms with Gasteiger partial charge in [-0.25, -0.2) is 0 Å². The number of carbonyl (C=O) groups excluding carboxylic acids is 2. The number of nitrogens with one attached hydrogen (secondary N) is 2. The highest BCUT2D eigenvalue weighted by molar-refractivity contribution is 6.31. The number of amides is 2. The van der Waals surface area contributed by atoms with Crippen molar-refractivity contribution >= 4 is 35.0 Å². The summed E-state index contributed by atoms with van der Waals surface area (Å²) in [6, 6.07) is 13.8. The number of carbonyl (C=O) groups is 2. The first-order valence-electron chi connectivity index (χ1n) is 10.2. The molecule has 0 heterocycles. The lowest BCUT2D eigenvalue weighted by molar-refractivity contribution is 0.0592. The van der Waals surface area contributed by atoms with Gasteiger partial charge in [0.2, 0.25) is 0 Å². The van der Waals surface area contributed by atoms with Crippen LogP contribution in [0.15, 0.2) is 48.5 Å². The number of hydrogen-bond donors (Lipinski definition) is 2. The molecule has 0 aromatic heterocycles. The molecule has 2 amide bonds. The SMILES string of the molecule is CC1(C)CC(NC(=O)c2ccc(Cl)cc2)CC(C)(CNC(=O)c2ccc(Cl)cc2)C1. The van der Waals surface area contributed by atoms with Gasteiger partial charge < -0.3 is 10.6 Å². The molecule has 1 saturated carbocycles. The second-order valence-corrected chi connectivity index (χ2v) is 10.3. The Kier molecular flexibility index (Phi) is 6.78. The van der Waals surface area contributed by atoms with Crippen molar-refractivity contribution in [3.63, 3.8) is 0 Å². The summed E-state index contributed by atoms with van der Waals surface area (Å²) >= 11 is 11.8. The molecule has 2 aromatic carbocycles. The molecule has 1 aliphatic carbocycles. The average Bonchev–Trinajstić information content (AvgIpc) is 2.65. The van der Waals surface area contributed by atoms with Crippen molar-refractivity contribution in [1.82, 2.24) is 10.6 Å². The van der Waals surface area contributed by atoms with Gasteiger partial charge in [-0.2, -0.15) is 0 Å². The van der Waals surface area contributed by atoms with Crippen LogP contribution in [0.2, 0.25) is 10.0 Å². The highest BCUT2D eigenvalue weighted by Gasteiger charge is 2.41. The van der Waals surface area contributed by atoms with Gasteiger partial charge in [-0.3, -0.25) is 9.59 Å². The summed E-state index contributed by atoms with van der Waals surface area (Å²) < 4.78 is 0. The lowest BCUT2D eigenvalue weighted by atomic mass is 9.62. The summed E-state index contributed by atoms with van der Waals surface area (Å²) in [5.41, 5.74) is 1.11. The number of halogens is 2. The molecule has 0 aliphatic heterocycles. The molecule has 0 bridgehead atoms. The smallest absolute Gasteiger partial charge is 0.251 e. The van der Waals surface area contributed by atoms with Crippen molar-refractivity contribution in [3.8, 4) is 0 Å². The first-order valence-corrected chi connectivity index (χ1v) is 10.9. The Morgan fingerprint density at radius 1 is 0.867 bits per heavy atom. The molecule has 30 heavy (non-hydrogen) atoms. The fourth-order valence-corrected chi connectivity index (χ4v) is 4.99. The maximum Gasteiger partial charge on any atom is 0.251 e. The first kappa shape index (κ1) is 22.6. The van der Waals surface area contributed by atoms with Crippen molar-refractivity contribution in [2.45, 2.75) is 46.1 Å². The van der Waals surface area contributed by atoms with Gasteiger partial charge in [0.25, 0.3) is 11.8 Å². The Balaban J connectivity index is 1.65. The van der Waals surface area contributed by atoms with Crippen LogP contribution in [0.25, 0.3) is 0 Å². The van der Waals surface area contributed by atoms with E-state index in [4.69, 9.17) is 23.2 Å². The number of benzene rings is 2. The maximum atomic E-state index is 12.7. The molecular weight excluding hydrogens is 419 g/mol. The van der Waals surface area contributed by atoms with Gasteiger partial charge in [-0.05, 0) is 78.6 Å². The zero-order valence-corrected chi connectivity index (χ0v) is 19.1. The van der Waals surface area contributed by atoms with Crippen LogP contribution in [0.5, 0.6) is 0 Å². The third-order valence-corrected chi connectivity index (χ3v) is 6.17. The lowest BCUT2D eigenvalue weighted by Gasteiger charge is -2.47. The van der Waals surface area contributed by atoms with E-state index in [1.165, 1.54) is 0 Å². The summed E-state index contributed by atoms with van der Waals surface area (Å²) in [6.45, 7) is 7.16. The molecule has 2 aromatic rings. The molecular formula is C24H28Cl2N2O2. The third kappa shape index (κ3) is 5.99. The Morgan fingerprint density at radius 2 is 1.37 bits per heavy atom. The lowest BCUT2D eigenvalue weighted by Crippen LogP contribution is -2.50. The van der Waals surface area contributed by atoms with E-state index in [9.17, 15) is 9.59 Å². The summed E-state index contributed by atoms with van der Waals surface area (Å²) in [5, 5.41) is 7.46. The molecule has 4 nitrogen and oxygen atoms in total. The van der Waals surface area contributed by atoms with Gasteiger partial charge in [0.15, 0.2) is 0 Å². The first-order chi connectivity index (χ1) is 14.1. The summed E-state index contributed by atoms with van der Waals surface area (Å²) in [4.78, 5) is 25.2. The van der Waals surface area contributed by atoms with E-state index >= 15 is 0 Å². The Labute approximate surface area is 188 Å². The molecule has 2 N–H and O–H groups in total. The van der Waals surface area contributed by atoms with Crippen LogP contribution in [0.1, 0.15) is 60.7 Å². The van der Waals surface area contributed by atoms with Gasteiger partial charge >= 0.3 is 0 Å². The molecule has 2 atom stereocenters. The van der Waals surface area contributed by atoms with Gasteiger partial charge in [-0.1, -0.05) is 44.0 Å². The van der Waals surface area contributed by atoms with Crippen molar-refractivity contribution in [1.29, 1.82) is 0 Å². The van der Waals surface area contributed by atoms with Crippen LogP contribution in [0, 0.1) is 10.8 Å². The van der Waals surface area contributed by atoms with Crippen LogP contribution < -0.4 is 10.6 Å². The predicted octanol–water partition coefficient (Wildman–Crippen LogP) is 5.74. The predicted molar refractivity (Wildman–Crippen MR) is 122 cm³/mol. The molecule has 1 aliphatic rings. The summed E-state index contributed by atoms with van der Waals surface area (Å²) in [5.74, 6) is -0.208. The van der Waals surface area contributed by atoms with E-state index in [1.54, 1.807) is 48.5 Å². The van der Waals surface area contributed by atoms with E-state index in [1.807, 2.05) is 0 Å². The minimum absolute atomic E-state index is 0.0364. The summed E-state index contributed by atoms with van der Waals surface area (Å²) in [6.07, 6.45) is 2.66. The van der Waals surface area contributed by atoms with Crippen molar-refractivity contribution < 1.29 is 9.59 Å². The number of rotatable bonds is 5. The van der Waals surface area contributed by atoms with Crippen LogP contribution in [-0.4, -0.2) is 24.4 Å². The molecule has 0 spiro atoms. The van der Waals surface area contributed by atoms with Gasteiger partial charge in [0.05, 0.1) is 0 Å².